The van der Waals surface area contributed by atoms with Gasteiger partial charge in [0, 0.05) is 30.8 Å². The van der Waals surface area contributed by atoms with Gasteiger partial charge in [-0.05, 0) is 55.0 Å². The van der Waals surface area contributed by atoms with Crippen LogP contribution in [0.3, 0.4) is 0 Å². The number of benzene rings is 2. The van der Waals surface area contributed by atoms with E-state index in [0.717, 1.165) is 31.2 Å². The zero-order valence-electron chi connectivity index (χ0n) is 17.8. The molecule has 2 aromatic carbocycles. The van der Waals surface area contributed by atoms with E-state index < -0.39 is 6.04 Å². The van der Waals surface area contributed by atoms with Crippen molar-refractivity contribution in [1.29, 1.82) is 0 Å². The molecule has 3 atom stereocenters. The maximum Gasteiger partial charge on any atom is 0.254 e. The van der Waals surface area contributed by atoms with Crippen LogP contribution in [-0.4, -0.2) is 41.8 Å². The molecule has 3 amide bonds. The van der Waals surface area contributed by atoms with E-state index in [4.69, 9.17) is 0 Å². The van der Waals surface area contributed by atoms with Gasteiger partial charge >= 0.3 is 0 Å². The van der Waals surface area contributed by atoms with Crippen LogP contribution in [0.15, 0.2) is 54.6 Å². The molecule has 1 saturated carbocycles. The van der Waals surface area contributed by atoms with E-state index in [2.05, 4.69) is 10.6 Å². The molecule has 0 spiro atoms. The predicted molar refractivity (Wildman–Crippen MR) is 118 cm³/mol. The van der Waals surface area contributed by atoms with E-state index in [1.807, 2.05) is 41.3 Å². The van der Waals surface area contributed by atoms with Gasteiger partial charge in [0.2, 0.25) is 5.91 Å². The molecule has 0 radical (unpaired) electrons. The fourth-order valence-electron chi connectivity index (χ4n) is 4.99. The molecule has 31 heavy (non-hydrogen) atoms. The summed E-state index contributed by atoms with van der Waals surface area (Å²) in [5.74, 6) is 0.0437. The predicted octanol–water partition coefficient (Wildman–Crippen LogP) is 3.14. The molecule has 6 nitrogen and oxygen atoms in total. The maximum absolute atomic E-state index is 13.3. The third-order valence-corrected chi connectivity index (χ3v) is 6.53. The highest BCUT2D eigenvalue weighted by molar-refractivity contribution is 5.98. The van der Waals surface area contributed by atoms with Crippen LogP contribution in [0.2, 0.25) is 0 Å². The number of carbonyl (C=O) groups excluding carboxylic acids is 3. The van der Waals surface area contributed by atoms with Gasteiger partial charge in [0.15, 0.2) is 0 Å². The summed E-state index contributed by atoms with van der Waals surface area (Å²) in [7, 11) is 1.59. The van der Waals surface area contributed by atoms with Gasteiger partial charge in [-0.25, -0.2) is 0 Å². The Morgan fingerprint density at radius 1 is 0.968 bits per heavy atom. The molecule has 6 heteroatoms. The van der Waals surface area contributed by atoms with Crippen molar-refractivity contribution in [3.8, 4) is 0 Å². The van der Waals surface area contributed by atoms with Crippen LogP contribution in [-0.2, 0) is 11.3 Å². The summed E-state index contributed by atoms with van der Waals surface area (Å²) in [6.45, 7) is 0.322. The number of fused-ring (bicyclic) bond motifs is 1. The Bertz CT molecular complexity index is 959. The highest BCUT2D eigenvalue weighted by Crippen LogP contribution is 2.40. The molecule has 4 rings (SSSR count). The van der Waals surface area contributed by atoms with Crippen molar-refractivity contribution in [1.82, 2.24) is 15.5 Å². The van der Waals surface area contributed by atoms with Gasteiger partial charge in [-0.15, -0.1) is 0 Å². The van der Waals surface area contributed by atoms with Crippen LogP contribution in [0.5, 0.6) is 0 Å². The molecule has 3 unspecified atom stereocenters. The molecular weight excluding hydrogens is 390 g/mol. The Kier molecular flexibility index (Phi) is 6.35. The largest absolute Gasteiger partial charge is 0.355 e. The van der Waals surface area contributed by atoms with Crippen molar-refractivity contribution in [3.63, 3.8) is 0 Å². The minimum absolute atomic E-state index is 0.0586. The number of amides is 3. The summed E-state index contributed by atoms with van der Waals surface area (Å²) in [4.78, 5) is 40.3. The van der Waals surface area contributed by atoms with Crippen molar-refractivity contribution in [2.45, 2.75) is 50.7 Å². The average molecular weight is 420 g/mol. The minimum Gasteiger partial charge on any atom is -0.355 e. The Morgan fingerprint density at radius 3 is 2.48 bits per heavy atom. The fraction of sp³-hybridized carbons (Fsp3) is 0.400. The lowest BCUT2D eigenvalue weighted by Gasteiger charge is -2.33. The highest BCUT2D eigenvalue weighted by Gasteiger charge is 2.47. The molecule has 1 aliphatic heterocycles. The topological polar surface area (TPSA) is 78.5 Å². The molecule has 2 aliphatic rings. The number of hydrogen-bond acceptors (Lipinski definition) is 3. The first-order valence-corrected chi connectivity index (χ1v) is 11.0. The fourth-order valence-corrected chi connectivity index (χ4v) is 4.99. The van der Waals surface area contributed by atoms with Crippen LogP contribution in [0, 0.1) is 5.92 Å². The minimum atomic E-state index is -0.456. The Balaban J connectivity index is 1.50. The molecule has 1 aliphatic carbocycles. The maximum atomic E-state index is 13.3. The lowest BCUT2D eigenvalue weighted by Crippen LogP contribution is -2.49. The standard InChI is InChI=1S/C25H29N3O3/c1-26-23(29)20-12-7-8-17(14-20)16-27-24(30)22-15-19-11-5-6-13-21(19)28(22)25(31)18-9-3-2-4-10-18/h2-4,7-10,12,14,19,21-22H,5-6,11,13,15-16H2,1H3,(H,26,29)(H,27,30). The van der Waals surface area contributed by atoms with Gasteiger partial charge < -0.3 is 15.5 Å². The first-order chi connectivity index (χ1) is 15.1. The number of hydrogen-bond donors (Lipinski definition) is 2. The Morgan fingerprint density at radius 2 is 1.71 bits per heavy atom. The van der Waals surface area contributed by atoms with Crippen molar-refractivity contribution >= 4 is 17.7 Å². The lowest BCUT2D eigenvalue weighted by atomic mass is 9.84. The second-order valence-corrected chi connectivity index (χ2v) is 8.44. The van der Waals surface area contributed by atoms with E-state index in [9.17, 15) is 14.4 Å². The van der Waals surface area contributed by atoms with Gasteiger partial charge in [0.25, 0.3) is 11.8 Å². The van der Waals surface area contributed by atoms with Crippen molar-refractivity contribution in [3.05, 3.63) is 71.3 Å². The number of nitrogens with one attached hydrogen (secondary N) is 2. The van der Waals surface area contributed by atoms with Gasteiger partial charge in [-0.1, -0.05) is 43.2 Å². The van der Waals surface area contributed by atoms with Crippen LogP contribution >= 0.6 is 0 Å². The Hall–Kier alpha value is -3.15. The molecule has 162 valence electrons. The average Bonchev–Trinajstić information content (AvgIpc) is 3.22. The first kappa shape index (κ1) is 21.1. The molecule has 2 fully saturated rings. The summed E-state index contributed by atoms with van der Waals surface area (Å²) in [6, 6.07) is 16.1. The van der Waals surface area contributed by atoms with E-state index >= 15 is 0 Å². The summed E-state index contributed by atoms with van der Waals surface area (Å²) in [5.41, 5.74) is 2.04. The second-order valence-electron chi connectivity index (χ2n) is 8.44. The van der Waals surface area contributed by atoms with E-state index in [1.165, 1.54) is 0 Å². The summed E-state index contributed by atoms with van der Waals surface area (Å²) >= 11 is 0. The summed E-state index contributed by atoms with van der Waals surface area (Å²) in [5, 5.41) is 5.62. The van der Waals surface area contributed by atoms with Crippen molar-refractivity contribution < 1.29 is 14.4 Å². The van der Waals surface area contributed by atoms with Crippen LogP contribution in [0.1, 0.15) is 58.4 Å². The third kappa shape index (κ3) is 4.48. The van der Waals surface area contributed by atoms with Crippen LogP contribution < -0.4 is 10.6 Å². The van der Waals surface area contributed by atoms with Gasteiger partial charge in [0.1, 0.15) is 6.04 Å². The molecule has 0 bridgehead atoms. The normalized spacial score (nSPS) is 22.5. The molecule has 1 heterocycles. The second kappa shape index (κ2) is 9.33. The van der Waals surface area contributed by atoms with Gasteiger partial charge in [0.05, 0.1) is 0 Å². The number of nitrogens with zero attached hydrogens (tertiary/aromatic N) is 1. The molecule has 1 saturated heterocycles. The highest BCUT2D eigenvalue weighted by atomic mass is 16.2. The molecular formula is C25H29N3O3. The van der Waals surface area contributed by atoms with E-state index in [-0.39, 0.29) is 23.8 Å². The molecule has 2 N–H and O–H groups in total. The van der Waals surface area contributed by atoms with E-state index in [0.29, 0.717) is 30.0 Å². The zero-order chi connectivity index (χ0) is 21.8. The van der Waals surface area contributed by atoms with Gasteiger partial charge in [-0.2, -0.15) is 0 Å². The number of rotatable bonds is 5. The monoisotopic (exact) mass is 419 g/mol. The third-order valence-electron chi connectivity index (χ3n) is 6.53. The zero-order valence-corrected chi connectivity index (χ0v) is 17.8. The van der Waals surface area contributed by atoms with Crippen LogP contribution in [0.25, 0.3) is 0 Å². The molecule has 0 aromatic heterocycles. The quantitative estimate of drug-likeness (QED) is 0.782. The number of likely N-dealkylation sites (tertiary alicyclic amines) is 1. The van der Waals surface area contributed by atoms with E-state index in [1.54, 1.807) is 25.2 Å². The SMILES string of the molecule is CNC(=O)c1cccc(CNC(=O)C2CC3CCCCC3N2C(=O)c2ccccc2)c1. The van der Waals surface area contributed by atoms with Crippen molar-refractivity contribution in [2.75, 3.05) is 7.05 Å². The van der Waals surface area contributed by atoms with Crippen LogP contribution in [0.4, 0.5) is 0 Å². The summed E-state index contributed by atoms with van der Waals surface area (Å²) < 4.78 is 0. The van der Waals surface area contributed by atoms with Gasteiger partial charge in [-0.3, -0.25) is 14.4 Å². The molecule has 2 aromatic rings. The Labute approximate surface area is 183 Å². The number of carbonyl (C=O) groups is 3. The van der Waals surface area contributed by atoms with Crippen molar-refractivity contribution in [2.24, 2.45) is 5.92 Å². The smallest absolute Gasteiger partial charge is 0.254 e. The lowest BCUT2D eigenvalue weighted by molar-refractivity contribution is -0.125. The summed E-state index contributed by atoms with van der Waals surface area (Å²) in [6.07, 6.45) is 5.01. The first-order valence-electron chi connectivity index (χ1n) is 11.0.